The van der Waals surface area contributed by atoms with E-state index >= 15 is 0 Å². The van der Waals surface area contributed by atoms with Gasteiger partial charge >= 0.3 is 0 Å². The third-order valence-corrected chi connectivity index (χ3v) is 1.72. The molecule has 13 heavy (non-hydrogen) atoms. The predicted molar refractivity (Wildman–Crippen MR) is 55.5 cm³/mol. The van der Waals surface area contributed by atoms with Crippen LogP contribution in [-0.2, 0) is 0 Å². The number of nitriles is 1. The van der Waals surface area contributed by atoms with Crippen LogP contribution in [0, 0.1) is 11.3 Å². The maximum absolute atomic E-state index is 8.64. The van der Waals surface area contributed by atoms with Gasteiger partial charge in [0.2, 0.25) is 0 Å². The smallest absolute Gasteiger partial charge is 0.0991 e. The Labute approximate surface area is 83.3 Å². The molecular weight excluding hydrogens is 182 g/mol. The van der Waals surface area contributed by atoms with Crippen molar-refractivity contribution in [3.05, 3.63) is 41.5 Å². The molecule has 66 valence electrons. The number of halogens is 1. The van der Waals surface area contributed by atoms with E-state index in [1.54, 1.807) is 6.07 Å². The number of hydrogen-bond donors (Lipinski definition) is 0. The molecule has 1 atom stereocenters. The Morgan fingerprint density at radius 2 is 2.31 bits per heavy atom. The summed E-state index contributed by atoms with van der Waals surface area (Å²) >= 11 is 5.75. The SMILES string of the molecule is CC(Cl)C=Cc1cccc(C#N)c1. The van der Waals surface area contributed by atoms with Crippen molar-refractivity contribution in [3.63, 3.8) is 0 Å². The van der Waals surface area contributed by atoms with Gasteiger partial charge in [-0.1, -0.05) is 24.3 Å². The summed E-state index contributed by atoms with van der Waals surface area (Å²) in [4.78, 5) is 0. The number of hydrogen-bond acceptors (Lipinski definition) is 1. The van der Waals surface area contributed by atoms with Gasteiger partial charge in [0.25, 0.3) is 0 Å². The highest BCUT2D eigenvalue weighted by atomic mass is 35.5. The highest BCUT2D eigenvalue weighted by Gasteiger charge is 1.91. The summed E-state index contributed by atoms with van der Waals surface area (Å²) in [5.74, 6) is 0. The van der Waals surface area contributed by atoms with E-state index in [9.17, 15) is 0 Å². The first-order chi connectivity index (χ1) is 6.22. The minimum Gasteiger partial charge on any atom is -0.192 e. The number of rotatable bonds is 2. The predicted octanol–water partition coefficient (Wildman–Crippen LogP) is 3.20. The summed E-state index contributed by atoms with van der Waals surface area (Å²) in [6, 6.07) is 9.50. The average Bonchev–Trinajstić information content (AvgIpc) is 2.15. The molecule has 0 fully saturated rings. The lowest BCUT2D eigenvalue weighted by Gasteiger charge is -1.94. The molecule has 0 saturated heterocycles. The van der Waals surface area contributed by atoms with E-state index < -0.39 is 0 Å². The van der Waals surface area contributed by atoms with Gasteiger partial charge < -0.3 is 0 Å². The zero-order valence-electron chi connectivity index (χ0n) is 7.37. The molecule has 0 amide bonds. The molecular formula is C11H10ClN. The van der Waals surface area contributed by atoms with Crippen LogP contribution in [0.1, 0.15) is 18.1 Å². The minimum absolute atomic E-state index is 0.0192. The standard InChI is InChI=1S/C11H10ClN/c1-9(12)5-6-10-3-2-4-11(7-10)8-13/h2-7,9H,1H3. The lowest BCUT2D eigenvalue weighted by Crippen LogP contribution is -1.81. The fourth-order valence-electron chi connectivity index (χ4n) is 0.956. The molecule has 2 heteroatoms. The van der Waals surface area contributed by atoms with E-state index in [2.05, 4.69) is 6.07 Å². The Balaban J connectivity index is 2.85. The fraction of sp³-hybridized carbons (Fsp3) is 0.182. The Morgan fingerprint density at radius 3 is 2.92 bits per heavy atom. The van der Waals surface area contributed by atoms with E-state index in [0.29, 0.717) is 5.56 Å². The summed E-state index contributed by atoms with van der Waals surface area (Å²) in [5.41, 5.74) is 1.68. The molecule has 0 aliphatic carbocycles. The summed E-state index contributed by atoms with van der Waals surface area (Å²) in [6.07, 6.45) is 3.80. The van der Waals surface area contributed by atoms with Crippen LogP contribution in [0.5, 0.6) is 0 Å². The number of allylic oxidation sites excluding steroid dienone is 1. The van der Waals surface area contributed by atoms with E-state index in [4.69, 9.17) is 16.9 Å². The van der Waals surface area contributed by atoms with Gasteiger partial charge in [0.15, 0.2) is 0 Å². The zero-order chi connectivity index (χ0) is 9.68. The number of benzene rings is 1. The molecule has 1 nitrogen and oxygen atoms in total. The maximum Gasteiger partial charge on any atom is 0.0991 e. The van der Waals surface area contributed by atoms with Crippen molar-refractivity contribution in [1.82, 2.24) is 0 Å². The van der Waals surface area contributed by atoms with E-state index in [-0.39, 0.29) is 5.38 Å². The monoisotopic (exact) mass is 191 g/mol. The molecule has 0 aliphatic heterocycles. The summed E-state index contributed by atoms with van der Waals surface area (Å²) in [5, 5.41) is 8.66. The number of alkyl halides is 1. The molecule has 0 N–H and O–H groups in total. The normalized spacial score (nSPS) is 12.7. The average molecular weight is 192 g/mol. The van der Waals surface area contributed by atoms with Crippen molar-refractivity contribution in [3.8, 4) is 6.07 Å². The molecule has 0 bridgehead atoms. The first-order valence-electron chi connectivity index (χ1n) is 4.05. The Bertz CT molecular complexity index is 347. The summed E-state index contributed by atoms with van der Waals surface area (Å²) in [6.45, 7) is 1.90. The van der Waals surface area contributed by atoms with Gasteiger partial charge in [0.05, 0.1) is 11.6 Å². The maximum atomic E-state index is 8.64. The second-order valence-electron chi connectivity index (χ2n) is 2.77. The summed E-state index contributed by atoms with van der Waals surface area (Å²) in [7, 11) is 0. The van der Waals surface area contributed by atoms with Crippen LogP contribution in [0.4, 0.5) is 0 Å². The van der Waals surface area contributed by atoms with E-state index in [1.807, 2.05) is 37.3 Å². The van der Waals surface area contributed by atoms with Gasteiger partial charge in [0, 0.05) is 5.38 Å². The quantitative estimate of drug-likeness (QED) is 0.659. The molecule has 1 unspecified atom stereocenters. The topological polar surface area (TPSA) is 23.8 Å². The van der Waals surface area contributed by atoms with Gasteiger partial charge in [-0.05, 0) is 24.6 Å². The van der Waals surface area contributed by atoms with Crippen LogP contribution in [0.2, 0.25) is 0 Å². The molecule has 1 aromatic rings. The molecule has 0 spiro atoms. The largest absolute Gasteiger partial charge is 0.192 e. The van der Waals surface area contributed by atoms with Crippen molar-refractivity contribution < 1.29 is 0 Å². The Kier molecular flexibility index (Phi) is 3.54. The molecule has 0 saturated carbocycles. The van der Waals surface area contributed by atoms with Crippen molar-refractivity contribution in [2.45, 2.75) is 12.3 Å². The van der Waals surface area contributed by atoms with Gasteiger partial charge in [-0.25, -0.2) is 0 Å². The highest BCUT2D eigenvalue weighted by Crippen LogP contribution is 2.07. The van der Waals surface area contributed by atoms with Crippen molar-refractivity contribution >= 4 is 17.7 Å². The van der Waals surface area contributed by atoms with E-state index in [0.717, 1.165) is 5.56 Å². The third-order valence-electron chi connectivity index (χ3n) is 1.57. The van der Waals surface area contributed by atoms with Crippen LogP contribution in [-0.4, -0.2) is 5.38 Å². The van der Waals surface area contributed by atoms with Crippen LogP contribution >= 0.6 is 11.6 Å². The minimum atomic E-state index is 0.0192. The Hall–Kier alpha value is -1.26. The molecule has 0 heterocycles. The van der Waals surface area contributed by atoms with Gasteiger partial charge in [-0.2, -0.15) is 5.26 Å². The van der Waals surface area contributed by atoms with Crippen molar-refractivity contribution in [2.75, 3.05) is 0 Å². The second kappa shape index (κ2) is 4.69. The fourth-order valence-corrected chi connectivity index (χ4v) is 1.03. The number of nitrogens with zero attached hydrogens (tertiary/aromatic N) is 1. The van der Waals surface area contributed by atoms with Crippen LogP contribution in [0.25, 0.3) is 6.08 Å². The molecule has 1 aromatic carbocycles. The summed E-state index contributed by atoms with van der Waals surface area (Å²) < 4.78 is 0. The molecule has 1 rings (SSSR count). The van der Waals surface area contributed by atoms with Crippen molar-refractivity contribution in [1.29, 1.82) is 5.26 Å². The lowest BCUT2D eigenvalue weighted by atomic mass is 10.1. The van der Waals surface area contributed by atoms with Gasteiger partial charge in [-0.15, -0.1) is 11.6 Å². The van der Waals surface area contributed by atoms with E-state index in [1.165, 1.54) is 0 Å². The van der Waals surface area contributed by atoms with Gasteiger partial charge in [-0.3, -0.25) is 0 Å². The Morgan fingerprint density at radius 1 is 1.54 bits per heavy atom. The molecule has 0 radical (unpaired) electrons. The highest BCUT2D eigenvalue weighted by molar-refractivity contribution is 6.21. The van der Waals surface area contributed by atoms with Crippen LogP contribution in [0.15, 0.2) is 30.3 Å². The lowest BCUT2D eigenvalue weighted by molar-refractivity contribution is 1.24. The second-order valence-corrected chi connectivity index (χ2v) is 3.46. The third kappa shape index (κ3) is 3.31. The van der Waals surface area contributed by atoms with Gasteiger partial charge in [0.1, 0.15) is 0 Å². The van der Waals surface area contributed by atoms with Crippen molar-refractivity contribution in [2.24, 2.45) is 0 Å². The zero-order valence-corrected chi connectivity index (χ0v) is 8.12. The van der Waals surface area contributed by atoms with Crippen LogP contribution < -0.4 is 0 Å². The molecule has 0 aliphatic rings. The first-order valence-corrected chi connectivity index (χ1v) is 4.48. The van der Waals surface area contributed by atoms with Crippen LogP contribution in [0.3, 0.4) is 0 Å². The molecule has 0 aromatic heterocycles. The first kappa shape index (κ1) is 9.83.